The number of hydrogen-bond acceptors (Lipinski definition) is 4. The highest BCUT2D eigenvalue weighted by atomic mass is 16.4. The van der Waals surface area contributed by atoms with Gasteiger partial charge in [0.2, 0.25) is 0 Å². The van der Waals surface area contributed by atoms with E-state index in [0.29, 0.717) is 5.92 Å². The highest BCUT2D eigenvalue weighted by Crippen LogP contribution is 2.49. The number of carboxylic acid groups (broad SMARTS) is 1. The van der Waals surface area contributed by atoms with Crippen molar-refractivity contribution in [1.29, 1.82) is 0 Å². The highest BCUT2D eigenvalue weighted by Gasteiger charge is 2.40. The van der Waals surface area contributed by atoms with Crippen molar-refractivity contribution in [2.24, 2.45) is 23.7 Å². The summed E-state index contributed by atoms with van der Waals surface area (Å²) in [7, 11) is 0. The van der Waals surface area contributed by atoms with Crippen molar-refractivity contribution in [1.82, 2.24) is 20.2 Å². The van der Waals surface area contributed by atoms with Gasteiger partial charge in [0, 0.05) is 6.42 Å². The normalized spacial score (nSPS) is 29.2. The molecule has 4 unspecified atom stereocenters. The van der Waals surface area contributed by atoms with Crippen molar-refractivity contribution in [2.75, 3.05) is 0 Å². The fourth-order valence-corrected chi connectivity index (χ4v) is 4.25. The topological polar surface area (TPSA) is 80.9 Å². The van der Waals surface area contributed by atoms with Gasteiger partial charge >= 0.3 is 5.97 Å². The second-order valence-electron chi connectivity index (χ2n) is 7.09. The number of tetrazole rings is 1. The lowest BCUT2D eigenvalue weighted by Crippen LogP contribution is -2.24. The molecule has 2 bridgehead atoms. The molecule has 116 valence electrons. The quantitative estimate of drug-likeness (QED) is 0.870. The zero-order valence-corrected chi connectivity index (χ0v) is 12.8. The molecule has 0 amide bonds. The third-order valence-corrected chi connectivity index (χ3v) is 5.36. The zero-order valence-electron chi connectivity index (χ0n) is 12.8. The molecule has 0 aromatic carbocycles. The molecule has 3 rings (SSSR count). The summed E-state index contributed by atoms with van der Waals surface area (Å²) in [6.45, 7) is 4.05. The lowest BCUT2D eigenvalue weighted by atomic mass is 9.86. The summed E-state index contributed by atoms with van der Waals surface area (Å²) in [5, 5.41) is 21.2. The smallest absolute Gasteiger partial charge is 0.305 e. The minimum Gasteiger partial charge on any atom is -0.481 e. The monoisotopic (exact) mass is 292 g/mol. The minimum atomic E-state index is -0.796. The Morgan fingerprint density at radius 2 is 2.19 bits per heavy atom. The number of carbonyl (C=O) groups is 1. The second-order valence-corrected chi connectivity index (χ2v) is 7.09. The molecule has 1 aromatic rings. The summed E-state index contributed by atoms with van der Waals surface area (Å²) in [6.07, 6.45) is 6.38. The minimum absolute atomic E-state index is 0.0758. The third kappa shape index (κ3) is 2.94. The van der Waals surface area contributed by atoms with Crippen LogP contribution in [0.15, 0.2) is 0 Å². The molecule has 6 heteroatoms. The van der Waals surface area contributed by atoms with Crippen LogP contribution in [0, 0.1) is 23.7 Å². The van der Waals surface area contributed by atoms with Crippen LogP contribution in [0.4, 0.5) is 0 Å². The van der Waals surface area contributed by atoms with Gasteiger partial charge in [-0.05, 0) is 53.4 Å². The van der Waals surface area contributed by atoms with Gasteiger partial charge in [-0.2, -0.15) is 0 Å². The number of carboxylic acids is 1. The molecule has 1 heterocycles. The van der Waals surface area contributed by atoms with Crippen molar-refractivity contribution in [3.8, 4) is 0 Å². The number of fused-ring (bicyclic) bond motifs is 2. The molecule has 0 radical (unpaired) electrons. The van der Waals surface area contributed by atoms with Crippen LogP contribution in [-0.2, 0) is 11.2 Å². The molecule has 2 fully saturated rings. The van der Waals surface area contributed by atoms with E-state index >= 15 is 0 Å². The van der Waals surface area contributed by atoms with Crippen LogP contribution >= 0.6 is 0 Å². The predicted octanol–water partition coefficient (Wildman–Crippen LogP) is 2.32. The van der Waals surface area contributed by atoms with Crippen molar-refractivity contribution in [3.05, 3.63) is 5.82 Å². The standard InChI is InChI=1S/C15H24N4O2/c1-9(2)13(8-15(20)21)19-14(16-17-18-19)7-12-6-10-3-4-11(12)5-10/h9-13H,3-8H2,1-2H3,(H,20,21). The maximum absolute atomic E-state index is 11.1. The Hall–Kier alpha value is -1.46. The van der Waals surface area contributed by atoms with Crippen molar-refractivity contribution < 1.29 is 9.90 Å². The molecular weight excluding hydrogens is 268 g/mol. The molecule has 0 aliphatic heterocycles. The van der Waals surface area contributed by atoms with E-state index in [9.17, 15) is 4.79 Å². The summed E-state index contributed by atoms with van der Waals surface area (Å²) in [5.74, 6) is 2.69. The van der Waals surface area contributed by atoms with Gasteiger partial charge < -0.3 is 5.11 Å². The van der Waals surface area contributed by atoms with E-state index in [1.807, 2.05) is 13.8 Å². The summed E-state index contributed by atoms with van der Waals surface area (Å²) in [6, 6.07) is -0.161. The Kier molecular flexibility index (Phi) is 3.95. The number of nitrogens with zero attached hydrogens (tertiary/aromatic N) is 4. The molecule has 2 saturated carbocycles. The van der Waals surface area contributed by atoms with E-state index < -0.39 is 5.97 Å². The predicted molar refractivity (Wildman–Crippen MR) is 76.6 cm³/mol. The first-order valence-electron chi connectivity index (χ1n) is 8.03. The first kappa shape index (κ1) is 14.5. The van der Waals surface area contributed by atoms with Gasteiger partial charge in [0.15, 0.2) is 5.82 Å². The largest absolute Gasteiger partial charge is 0.481 e. The SMILES string of the molecule is CC(C)C(CC(=O)O)n1nnnc1CC1CC2CCC1C2. The van der Waals surface area contributed by atoms with E-state index in [1.165, 1.54) is 25.7 Å². The van der Waals surface area contributed by atoms with E-state index in [-0.39, 0.29) is 18.4 Å². The summed E-state index contributed by atoms with van der Waals surface area (Å²) < 4.78 is 1.77. The van der Waals surface area contributed by atoms with Crippen LogP contribution in [0.5, 0.6) is 0 Å². The van der Waals surface area contributed by atoms with Gasteiger partial charge in [-0.1, -0.05) is 20.3 Å². The highest BCUT2D eigenvalue weighted by molar-refractivity contribution is 5.67. The van der Waals surface area contributed by atoms with E-state index in [2.05, 4.69) is 15.5 Å². The molecule has 0 spiro atoms. The Labute approximate surface area is 124 Å². The van der Waals surface area contributed by atoms with E-state index in [4.69, 9.17) is 5.11 Å². The average molecular weight is 292 g/mol. The molecule has 6 nitrogen and oxygen atoms in total. The average Bonchev–Trinajstić information content (AvgIpc) is 3.11. The zero-order chi connectivity index (χ0) is 15.0. The molecule has 1 N–H and O–H groups in total. The maximum atomic E-state index is 11.1. The van der Waals surface area contributed by atoms with Gasteiger partial charge in [0.1, 0.15) is 0 Å². The molecule has 2 aliphatic carbocycles. The number of aliphatic carboxylic acids is 1. The van der Waals surface area contributed by atoms with Crippen LogP contribution < -0.4 is 0 Å². The molecular formula is C15H24N4O2. The van der Waals surface area contributed by atoms with Crippen LogP contribution in [0.2, 0.25) is 0 Å². The van der Waals surface area contributed by atoms with Gasteiger partial charge in [0.25, 0.3) is 0 Å². The molecule has 0 saturated heterocycles. The molecule has 1 aromatic heterocycles. The van der Waals surface area contributed by atoms with Gasteiger partial charge in [-0.15, -0.1) is 5.10 Å². The van der Waals surface area contributed by atoms with Crippen LogP contribution in [-0.4, -0.2) is 31.3 Å². The van der Waals surface area contributed by atoms with Crippen LogP contribution in [0.1, 0.15) is 57.8 Å². The molecule has 21 heavy (non-hydrogen) atoms. The van der Waals surface area contributed by atoms with Gasteiger partial charge in [-0.25, -0.2) is 4.68 Å². The van der Waals surface area contributed by atoms with Crippen molar-refractivity contribution in [2.45, 2.75) is 58.4 Å². The first-order valence-corrected chi connectivity index (χ1v) is 8.03. The summed E-state index contributed by atoms with van der Waals surface area (Å²) in [4.78, 5) is 11.1. The van der Waals surface area contributed by atoms with Crippen molar-refractivity contribution >= 4 is 5.97 Å². The molecule has 4 atom stereocenters. The Morgan fingerprint density at radius 1 is 1.38 bits per heavy atom. The fourth-order valence-electron chi connectivity index (χ4n) is 4.25. The Morgan fingerprint density at radius 3 is 2.76 bits per heavy atom. The number of aromatic nitrogens is 4. The van der Waals surface area contributed by atoms with E-state index in [1.54, 1.807) is 4.68 Å². The van der Waals surface area contributed by atoms with Gasteiger partial charge in [-0.3, -0.25) is 4.79 Å². The van der Waals surface area contributed by atoms with Crippen molar-refractivity contribution in [3.63, 3.8) is 0 Å². The third-order valence-electron chi connectivity index (χ3n) is 5.36. The second kappa shape index (κ2) is 5.73. The van der Waals surface area contributed by atoms with E-state index in [0.717, 1.165) is 24.1 Å². The Balaban J connectivity index is 1.74. The lowest BCUT2D eigenvalue weighted by Gasteiger charge is -2.24. The maximum Gasteiger partial charge on any atom is 0.305 e. The Bertz CT molecular complexity index is 514. The van der Waals surface area contributed by atoms with Crippen LogP contribution in [0.25, 0.3) is 0 Å². The summed E-state index contributed by atoms with van der Waals surface area (Å²) >= 11 is 0. The summed E-state index contributed by atoms with van der Waals surface area (Å²) in [5.41, 5.74) is 0. The van der Waals surface area contributed by atoms with Crippen LogP contribution in [0.3, 0.4) is 0 Å². The van der Waals surface area contributed by atoms with Gasteiger partial charge in [0.05, 0.1) is 12.5 Å². The lowest BCUT2D eigenvalue weighted by molar-refractivity contribution is -0.138. The fraction of sp³-hybridized carbons (Fsp3) is 0.867. The first-order chi connectivity index (χ1) is 10.0. The molecule has 2 aliphatic rings. The number of hydrogen-bond donors (Lipinski definition) is 1. The number of rotatable bonds is 6.